The molecule has 2 heterocycles. The highest BCUT2D eigenvalue weighted by atomic mass is 16.3. The summed E-state index contributed by atoms with van der Waals surface area (Å²) in [4.78, 5) is 36.8. The Morgan fingerprint density at radius 2 is 2.11 bits per heavy atom. The predicted molar refractivity (Wildman–Crippen MR) is 141 cm³/mol. The fourth-order valence-corrected chi connectivity index (χ4v) is 5.77. The first-order valence-electron chi connectivity index (χ1n) is 12.8. The molecule has 9 heteroatoms. The average molecular weight is 501 g/mol. The quantitative estimate of drug-likeness (QED) is 0.529. The van der Waals surface area contributed by atoms with Crippen molar-refractivity contribution in [3.63, 3.8) is 0 Å². The molecule has 5 rings (SSSR count). The fraction of sp³-hybridized carbons (Fsp3) is 0.464. The summed E-state index contributed by atoms with van der Waals surface area (Å²) in [5.41, 5.74) is 2.08. The van der Waals surface area contributed by atoms with Gasteiger partial charge in [-0.15, -0.1) is 0 Å². The zero-order valence-electron chi connectivity index (χ0n) is 21.5. The van der Waals surface area contributed by atoms with Crippen molar-refractivity contribution in [1.82, 2.24) is 19.4 Å². The second-order valence-electron chi connectivity index (χ2n) is 10.8. The number of rotatable bonds is 6. The number of carbonyl (C=O) groups excluding carboxylic acids is 1. The lowest BCUT2D eigenvalue weighted by atomic mass is 9.81. The summed E-state index contributed by atoms with van der Waals surface area (Å²) in [6, 6.07) is 9.10. The maximum absolute atomic E-state index is 13.2. The van der Waals surface area contributed by atoms with Gasteiger partial charge in [-0.1, -0.05) is 6.07 Å². The van der Waals surface area contributed by atoms with Crippen LogP contribution in [0.15, 0.2) is 35.3 Å². The van der Waals surface area contributed by atoms with E-state index in [2.05, 4.69) is 21.4 Å². The van der Waals surface area contributed by atoms with Gasteiger partial charge in [0.05, 0.1) is 18.2 Å². The molecule has 3 atom stereocenters. The molecule has 2 aliphatic carbocycles. The Morgan fingerprint density at radius 3 is 2.81 bits per heavy atom. The first kappa shape index (κ1) is 25.1. The van der Waals surface area contributed by atoms with E-state index in [-0.39, 0.29) is 17.3 Å². The summed E-state index contributed by atoms with van der Waals surface area (Å²) in [7, 11) is 3.82. The van der Waals surface area contributed by atoms with Gasteiger partial charge in [0.15, 0.2) is 0 Å². The second-order valence-corrected chi connectivity index (χ2v) is 10.8. The zero-order valence-corrected chi connectivity index (χ0v) is 21.5. The van der Waals surface area contributed by atoms with Gasteiger partial charge >= 0.3 is 0 Å². The third kappa shape index (κ3) is 4.87. The molecule has 3 aromatic rings. The molecule has 9 nitrogen and oxygen atoms in total. The molecule has 3 unspecified atom stereocenters. The van der Waals surface area contributed by atoms with Crippen molar-refractivity contribution in [2.75, 3.05) is 26.0 Å². The van der Waals surface area contributed by atoms with E-state index in [0.717, 1.165) is 30.5 Å². The molecule has 37 heavy (non-hydrogen) atoms. The summed E-state index contributed by atoms with van der Waals surface area (Å²) in [6.07, 6.45) is 6.04. The van der Waals surface area contributed by atoms with Crippen LogP contribution in [0.5, 0.6) is 0 Å². The van der Waals surface area contributed by atoms with E-state index < -0.39 is 17.2 Å². The van der Waals surface area contributed by atoms with Crippen LogP contribution in [-0.2, 0) is 17.6 Å². The summed E-state index contributed by atoms with van der Waals surface area (Å²) in [6.45, 7) is 2.18. The predicted octanol–water partition coefficient (Wildman–Crippen LogP) is 3.12. The maximum atomic E-state index is 13.2. The average Bonchev–Trinajstić information content (AvgIpc) is 3.21. The number of anilines is 2. The van der Waals surface area contributed by atoms with Gasteiger partial charge in [0.1, 0.15) is 23.1 Å². The highest BCUT2D eigenvalue weighted by molar-refractivity contribution is 5.83. The van der Waals surface area contributed by atoms with E-state index in [1.807, 2.05) is 37.2 Å². The van der Waals surface area contributed by atoms with E-state index in [1.54, 1.807) is 13.1 Å². The number of carbonyl (C=O) groups is 1. The van der Waals surface area contributed by atoms with Crippen molar-refractivity contribution in [3.05, 3.63) is 57.5 Å². The van der Waals surface area contributed by atoms with Gasteiger partial charge < -0.3 is 15.3 Å². The van der Waals surface area contributed by atoms with Crippen LogP contribution >= 0.6 is 0 Å². The number of aryl methyl sites for hydroxylation is 1. The molecule has 0 bridgehead atoms. The molecule has 0 spiro atoms. The van der Waals surface area contributed by atoms with Crippen LogP contribution in [0.25, 0.3) is 11.0 Å². The lowest BCUT2D eigenvalue weighted by Crippen LogP contribution is -2.38. The summed E-state index contributed by atoms with van der Waals surface area (Å²) in [5, 5.41) is 24.3. The standard InChI is InChI=1S/C28H32N6O3/c1-28(37)10-4-5-24(28)34-25-21(12-20(14-29)26(34)36)15-30-27(32-25)31-22-9-8-17-6-7-18(11-19(17)13-22)23(35)16-33(2)3/h8-9,12-13,15,18,24,37H,4-7,10-11,16H2,1-3H3,(H,30,31,32). The number of aliphatic hydroxyl groups is 1. The van der Waals surface area contributed by atoms with Crippen LogP contribution in [0, 0.1) is 17.2 Å². The van der Waals surface area contributed by atoms with Crippen molar-refractivity contribution < 1.29 is 9.90 Å². The Labute approximate surface area is 215 Å². The van der Waals surface area contributed by atoms with Gasteiger partial charge in [-0.3, -0.25) is 14.2 Å². The molecule has 1 aromatic carbocycles. The Bertz CT molecular complexity index is 1470. The van der Waals surface area contributed by atoms with Gasteiger partial charge in [-0.25, -0.2) is 4.98 Å². The number of ketones is 1. The smallest absolute Gasteiger partial charge is 0.270 e. The molecule has 0 saturated heterocycles. The zero-order chi connectivity index (χ0) is 26.3. The van der Waals surface area contributed by atoms with E-state index in [0.29, 0.717) is 42.8 Å². The minimum atomic E-state index is -1.07. The number of benzene rings is 1. The normalized spacial score (nSPS) is 23.1. The third-order valence-electron chi connectivity index (χ3n) is 7.70. The van der Waals surface area contributed by atoms with Gasteiger partial charge in [-0.05, 0) is 88.9 Å². The Hall–Kier alpha value is -3.61. The van der Waals surface area contributed by atoms with E-state index in [9.17, 15) is 20.0 Å². The monoisotopic (exact) mass is 500 g/mol. The number of nitrogens with zero attached hydrogens (tertiary/aromatic N) is 5. The van der Waals surface area contributed by atoms with Crippen LogP contribution in [0.1, 0.15) is 55.3 Å². The van der Waals surface area contributed by atoms with Crippen LogP contribution in [-0.4, -0.2) is 56.6 Å². The fourth-order valence-electron chi connectivity index (χ4n) is 5.77. The summed E-state index contributed by atoms with van der Waals surface area (Å²) >= 11 is 0. The van der Waals surface area contributed by atoms with Crippen molar-refractivity contribution in [2.24, 2.45) is 5.92 Å². The molecule has 0 radical (unpaired) electrons. The molecular formula is C28H32N6O3. The number of fused-ring (bicyclic) bond motifs is 2. The van der Waals surface area contributed by atoms with Crippen molar-refractivity contribution in [2.45, 2.75) is 57.1 Å². The Morgan fingerprint density at radius 1 is 1.30 bits per heavy atom. The van der Waals surface area contributed by atoms with Crippen LogP contribution in [0.3, 0.4) is 0 Å². The minimum absolute atomic E-state index is 0.00700. The SMILES string of the molecule is CN(C)CC(=O)C1CCc2ccc(Nc3ncc4cc(C#N)c(=O)n(C5CCCC5(C)O)c4n3)cc2C1. The number of hydrogen-bond acceptors (Lipinski definition) is 8. The molecule has 2 aromatic heterocycles. The van der Waals surface area contributed by atoms with Gasteiger partial charge in [0, 0.05) is 23.2 Å². The van der Waals surface area contributed by atoms with Crippen molar-refractivity contribution >= 4 is 28.5 Å². The lowest BCUT2D eigenvalue weighted by Gasteiger charge is -2.28. The number of likely N-dealkylation sites (N-methyl/N-ethyl adjacent to an activating group) is 1. The largest absolute Gasteiger partial charge is 0.388 e. The highest BCUT2D eigenvalue weighted by Gasteiger charge is 2.40. The summed E-state index contributed by atoms with van der Waals surface area (Å²) < 4.78 is 1.47. The number of nitrogens with one attached hydrogen (secondary N) is 1. The first-order chi connectivity index (χ1) is 17.7. The number of Topliss-reactive ketones (excluding diaryl/α,β-unsaturated/α-hetero) is 1. The van der Waals surface area contributed by atoms with Crippen LogP contribution in [0.2, 0.25) is 0 Å². The summed E-state index contributed by atoms with van der Waals surface area (Å²) in [5.74, 6) is 0.605. The van der Waals surface area contributed by atoms with Crippen LogP contribution < -0.4 is 10.9 Å². The number of nitriles is 1. The topological polar surface area (TPSA) is 124 Å². The van der Waals surface area contributed by atoms with E-state index >= 15 is 0 Å². The van der Waals surface area contributed by atoms with Gasteiger partial charge in [-0.2, -0.15) is 10.2 Å². The number of pyridine rings is 1. The Balaban J connectivity index is 1.48. The van der Waals surface area contributed by atoms with Crippen molar-refractivity contribution in [1.29, 1.82) is 5.26 Å². The van der Waals surface area contributed by atoms with Gasteiger partial charge in [0.25, 0.3) is 5.56 Å². The van der Waals surface area contributed by atoms with Gasteiger partial charge in [0.2, 0.25) is 5.95 Å². The molecule has 1 fully saturated rings. The molecule has 1 saturated carbocycles. The van der Waals surface area contributed by atoms with Crippen molar-refractivity contribution in [3.8, 4) is 6.07 Å². The molecule has 0 amide bonds. The van der Waals surface area contributed by atoms with Crippen LogP contribution in [0.4, 0.5) is 11.6 Å². The first-order valence-corrected chi connectivity index (χ1v) is 12.8. The number of hydrogen-bond donors (Lipinski definition) is 2. The molecule has 2 N–H and O–H groups in total. The highest BCUT2D eigenvalue weighted by Crippen LogP contribution is 2.39. The number of aromatic nitrogens is 3. The Kier molecular flexibility index (Phi) is 6.56. The second kappa shape index (κ2) is 9.69. The molecule has 2 aliphatic rings. The minimum Gasteiger partial charge on any atom is -0.388 e. The molecule has 192 valence electrons. The third-order valence-corrected chi connectivity index (χ3v) is 7.70. The lowest BCUT2D eigenvalue weighted by molar-refractivity contribution is -0.123. The maximum Gasteiger partial charge on any atom is 0.270 e. The molecular weight excluding hydrogens is 468 g/mol. The molecule has 0 aliphatic heterocycles. The van der Waals surface area contributed by atoms with E-state index in [1.165, 1.54) is 16.2 Å². The van der Waals surface area contributed by atoms with E-state index in [4.69, 9.17) is 0 Å².